The molecule has 0 radical (unpaired) electrons. The predicted octanol–water partition coefficient (Wildman–Crippen LogP) is 1.77. The first kappa shape index (κ1) is 19.2. The normalized spacial score (nSPS) is 16.1. The van der Waals surface area contributed by atoms with Gasteiger partial charge in [-0.25, -0.2) is 12.7 Å². The van der Waals surface area contributed by atoms with Crippen LogP contribution in [0.1, 0.15) is 23.2 Å². The Kier molecular flexibility index (Phi) is 5.71. The number of aldehydes is 1. The smallest absolute Gasteiger partial charge is 0.276 e. The predicted molar refractivity (Wildman–Crippen MR) is 99.5 cm³/mol. The third-order valence-corrected chi connectivity index (χ3v) is 5.74. The van der Waals surface area contributed by atoms with Crippen molar-refractivity contribution in [2.75, 3.05) is 26.5 Å². The van der Waals surface area contributed by atoms with E-state index in [2.05, 4.69) is 10.2 Å². The molecule has 3 rings (SSSR count). The summed E-state index contributed by atoms with van der Waals surface area (Å²) < 4.78 is 35.9. The van der Waals surface area contributed by atoms with Crippen molar-refractivity contribution in [2.45, 2.75) is 18.9 Å². The average molecular weight is 391 g/mol. The molecule has 1 aliphatic heterocycles. The number of nitrogens with zero attached hydrogens (tertiary/aromatic N) is 3. The highest BCUT2D eigenvalue weighted by atomic mass is 32.2. The van der Waals surface area contributed by atoms with Crippen molar-refractivity contribution >= 4 is 16.3 Å². The Hall–Kier alpha value is -2.52. The summed E-state index contributed by atoms with van der Waals surface area (Å²) in [5.41, 5.74) is 1.99. The summed E-state index contributed by atoms with van der Waals surface area (Å²) in [5, 5.41) is 8.31. The van der Waals surface area contributed by atoms with Gasteiger partial charge in [0.25, 0.3) is 5.88 Å². The molecule has 0 spiro atoms. The molecule has 2 aromatic rings. The van der Waals surface area contributed by atoms with Gasteiger partial charge in [-0.05, 0) is 12.8 Å². The number of aromatic nitrogens is 2. The van der Waals surface area contributed by atoms with E-state index in [1.807, 2.05) is 0 Å². The molecule has 144 valence electrons. The maximum Gasteiger partial charge on any atom is 0.276 e. The molecule has 1 aromatic carbocycles. The van der Waals surface area contributed by atoms with Gasteiger partial charge in [0.05, 0.1) is 19.1 Å². The summed E-state index contributed by atoms with van der Waals surface area (Å²) in [6.45, 7) is 0.834. The summed E-state index contributed by atoms with van der Waals surface area (Å²) >= 11 is 0. The lowest BCUT2D eigenvalue weighted by molar-refractivity contribution is 0.112. The fourth-order valence-corrected chi connectivity index (χ4v) is 3.78. The van der Waals surface area contributed by atoms with Crippen molar-refractivity contribution in [3.05, 3.63) is 35.9 Å². The molecule has 27 heavy (non-hydrogen) atoms. The van der Waals surface area contributed by atoms with Crippen LogP contribution in [0.5, 0.6) is 11.6 Å². The van der Waals surface area contributed by atoms with E-state index in [0.717, 1.165) is 11.8 Å². The van der Waals surface area contributed by atoms with Crippen LogP contribution in [0.25, 0.3) is 11.3 Å². The minimum atomic E-state index is -3.17. The zero-order chi connectivity index (χ0) is 19.4. The van der Waals surface area contributed by atoms with Crippen LogP contribution in [0, 0.1) is 0 Å². The zero-order valence-corrected chi connectivity index (χ0v) is 16.0. The number of methoxy groups -OCH3 is 1. The van der Waals surface area contributed by atoms with Gasteiger partial charge in [0.2, 0.25) is 10.0 Å². The van der Waals surface area contributed by atoms with Crippen molar-refractivity contribution in [1.29, 1.82) is 0 Å². The quantitative estimate of drug-likeness (QED) is 0.692. The molecule has 1 saturated heterocycles. The average Bonchev–Trinajstić information content (AvgIpc) is 2.68. The lowest BCUT2D eigenvalue weighted by Gasteiger charge is -2.30. The van der Waals surface area contributed by atoms with Gasteiger partial charge in [0, 0.05) is 30.3 Å². The molecule has 0 bridgehead atoms. The largest absolute Gasteiger partial charge is 0.491 e. The monoisotopic (exact) mass is 391 g/mol. The van der Waals surface area contributed by atoms with Gasteiger partial charge >= 0.3 is 0 Å². The van der Waals surface area contributed by atoms with Crippen molar-refractivity contribution in [2.24, 2.45) is 0 Å². The number of hydrogen-bond donors (Lipinski definition) is 0. The van der Waals surface area contributed by atoms with Crippen molar-refractivity contribution in [1.82, 2.24) is 14.5 Å². The fraction of sp³-hybridized carbons (Fsp3) is 0.389. The Labute approximate surface area is 158 Å². The number of rotatable bonds is 6. The van der Waals surface area contributed by atoms with Gasteiger partial charge in [0.1, 0.15) is 12.4 Å². The first-order chi connectivity index (χ1) is 12.9. The van der Waals surface area contributed by atoms with E-state index >= 15 is 0 Å². The second-order valence-electron chi connectivity index (χ2n) is 6.32. The van der Waals surface area contributed by atoms with Crippen LogP contribution in [-0.4, -0.2) is 61.8 Å². The molecule has 2 heterocycles. The third-order valence-electron chi connectivity index (χ3n) is 4.44. The molecule has 0 aliphatic carbocycles. The summed E-state index contributed by atoms with van der Waals surface area (Å²) in [4.78, 5) is 10.8. The molecule has 1 fully saturated rings. The van der Waals surface area contributed by atoms with Gasteiger partial charge in [0.15, 0.2) is 5.75 Å². The lowest BCUT2D eigenvalue weighted by atomic mass is 10.1. The zero-order valence-electron chi connectivity index (χ0n) is 15.2. The van der Waals surface area contributed by atoms with Gasteiger partial charge < -0.3 is 9.47 Å². The number of hydrogen-bond acceptors (Lipinski definition) is 7. The maximum absolute atomic E-state index is 11.6. The molecular weight excluding hydrogens is 370 g/mol. The molecule has 1 aliphatic rings. The molecular formula is C18H21N3O5S. The summed E-state index contributed by atoms with van der Waals surface area (Å²) in [6.07, 6.45) is 2.99. The molecule has 0 atom stereocenters. The van der Waals surface area contributed by atoms with E-state index in [1.165, 1.54) is 17.7 Å². The Bertz CT molecular complexity index is 907. The van der Waals surface area contributed by atoms with Crippen LogP contribution in [0.2, 0.25) is 0 Å². The number of ether oxygens (including phenoxy) is 2. The molecule has 8 nitrogen and oxygen atoms in total. The Morgan fingerprint density at radius 1 is 1.15 bits per heavy atom. The Morgan fingerprint density at radius 2 is 1.81 bits per heavy atom. The molecule has 0 N–H and O–H groups in total. The van der Waals surface area contributed by atoms with E-state index in [9.17, 15) is 13.2 Å². The fourth-order valence-electron chi connectivity index (χ4n) is 2.90. The van der Waals surface area contributed by atoms with Gasteiger partial charge in [-0.15, -0.1) is 10.2 Å². The number of sulfonamides is 1. The van der Waals surface area contributed by atoms with Crippen molar-refractivity contribution in [3.8, 4) is 22.9 Å². The van der Waals surface area contributed by atoms with Crippen LogP contribution >= 0.6 is 0 Å². The standard InChI is InChI=1S/C18H21N3O5S/c1-25-17-11-16(14-5-3-13(12-22)4-6-14)19-20-18(17)26-15-7-9-21(10-8-15)27(2,23)24/h3-6,11-12,15H,7-10H2,1-2H3. The number of carbonyl (C=O) groups is 1. The number of benzene rings is 1. The molecule has 0 saturated carbocycles. The van der Waals surface area contributed by atoms with Crippen LogP contribution in [0.4, 0.5) is 0 Å². The van der Waals surface area contributed by atoms with Crippen LogP contribution in [0.3, 0.4) is 0 Å². The number of piperidine rings is 1. The third kappa shape index (κ3) is 4.61. The maximum atomic E-state index is 11.6. The van der Waals surface area contributed by atoms with E-state index in [-0.39, 0.29) is 12.0 Å². The Morgan fingerprint density at radius 3 is 2.37 bits per heavy atom. The molecule has 0 amide bonds. The van der Waals surface area contributed by atoms with Crippen molar-refractivity contribution in [3.63, 3.8) is 0 Å². The SMILES string of the molecule is COc1cc(-c2ccc(C=O)cc2)nnc1OC1CCN(S(C)(=O)=O)CC1. The second-order valence-corrected chi connectivity index (χ2v) is 8.30. The molecule has 1 aromatic heterocycles. The van der Waals surface area contributed by atoms with E-state index in [0.29, 0.717) is 42.9 Å². The minimum Gasteiger partial charge on any atom is -0.491 e. The highest BCUT2D eigenvalue weighted by Crippen LogP contribution is 2.30. The summed E-state index contributed by atoms with van der Waals surface area (Å²) in [5.74, 6) is 0.730. The van der Waals surface area contributed by atoms with Crippen LogP contribution < -0.4 is 9.47 Å². The molecule has 0 unspecified atom stereocenters. The topological polar surface area (TPSA) is 98.7 Å². The van der Waals surface area contributed by atoms with Crippen LogP contribution in [0.15, 0.2) is 30.3 Å². The van der Waals surface area contributed by atoms with E-state index in [4.69, 9.17) is 9.47 Å². The van der Waals surface area contributed by atoms with Crippen molar-refractivity contribution < 1.29 is 22.7 Å². The summed E-state index contributed by atoms with van der Waals surface area (Å²) in [6, 6.07) is 8.71. The van der Waals surface area contributed by atoms with Gasteiger partial charge in [-0.1, -0.05) is 24.3 Å². The van der Waals surface area contributed by atoms with E-state index in [1.54, 1.807) is 30.3 Å². The summed E-state index contributed by atoms with van der Waals surface area (Å²) in [7, 11) is -1.65. The Balaban J connectivity index is 1.72. The first-order valence-corrected chi connectivity index (χ1v) is 10.3. The lowest BCUT2D eigenvalue weighted by Crippen LogP contribution is -2.41. The first-order valence-electron chi connectivity index (χ1n) is 8.50. The second kappa shape index (κ2) is 8.01. The highest BCUT2D eigenvalue weighted by molar-refractivity contribution is 7.88. The van der Waals surface area contributed by atoms with E-state index < -0.39 is 10.0 Å². The molecule has 9 heteroatoms. The van der Waals surface area contributed by atoms with Crippen LogP contribution in [-0.2, 0) is 10.0 Å². The van der Waals surface area contributed by atoms with Gasteiger partial charge in [-0.3, -0.25) is 4.79 Å². The minimum absolute atomic E-state index is 0.149. The van der Waals surface area contributed by atoms with Gasteiger partial charge in [-0.2, -0.15) is 0 Å². The highest BCUT2D eigenvalue weighted by Gasteiger charge is 2.27. The number of carbonyl (C=O) groups excluding carboxylic acids is 1.